The van der Waals surface area contributed by atoms with Crippen molar-refractivity contribution in [2.24, 2.45) is 17.3 Å². The molecule has 3 nitrogen and oxygen atoms in total. The molecule has 0 radical (unpaired) electrons. The SMILES string of the molecule is CC1(C)O[C@H]2C=C[C@@H]3C(=O)C4CCC[C@]43[C@H]2O1. The average molecular weight is 234 g/mol. The van der Waals surface area contributed by atoms with Crippen molar-refractivity contribution in [2.75, 3.05) is 0 Å². The van der Waals surface area contributed by atoms with Crippen LogP contribution in [0.2, 0.25) is 0 Å². The second-order valence-electron chi connectivity index (χ2n) is 6.34. The van der Waals surface area contributed by atoms with Crippen molar-refractivity contribution in [1.29, 1.82) is 0 Å². The Kier molecular flexibility index (Phi) is 1.71. The normalized spacial score (nSPS) is 53.9. The summed E-state index contributed by atoms with van der Waals surface area (Å²) in [5.74, 6) is 0.274. The molecule has 1 unspecified atom stereocenters. The van der Waals surface area contributed by atoms with Gasteiger partial charge in [-0.05, 0) is 26.7 Å². The lowest BCUT2D eigenvalue weighted by molar-refractivity contribution is -0.186. The molecule has 3 aliphatic carbocycles. The number of ketones is 1. The number of ether oxygens (including phenoxy) is 2. The second kappa shape index (κ2) is 2.83. The molecule has 1 aliphatic heterocycles. The highest BCUT2D eigenvalue weighted by atomic mass is 16.8. The predicted octanol–water partition coefficient (Wildman–Crippen LogP) is 2.06. The van der Waals surface area contributed by atoms with Gasteiger partial charge in [0.2, 0.25) is 0 Å². The fourth-order valence-electron chi connectivity index (χ4n) is 4.58. The summed E-state index contributed by atoms with van der Waals surface area (Å²) in [6.45, 7) is 3.94. The van der Waals surface area contributed by atoms with E-state index in [0.29, 0.717) is 5.78 Å². The van der Waals surface area contributed by atoms with E-state index >= 15 is 0 Å². The first-order chi connectivity index (χ1) is 8.05. The molecule has 17 heavy (non-hydrogen) atoms. The van der Waals surface area contributed by atoms with Gasteiger partial charge >= 0.3 is 0 Å². The van der Waals surface area contributed by atoms with Gasteiger partial charge < -0.3 is 9.47 Å². The Morgan fingerprint density at radius 2 is 2.12 bits per heavy atom. The van der Waals surface area contributed by atoms with E-state index in [1.54, 1.807) is 0 Å². The predicted molar refractivity (Wildman–Crippen MR) is 61.2 cm³/mol. The molecule has 4 rings (SSSR count). The summed E-state index contributed by atoms with van der Waals surface area (Å²) < 4.78 is 12.0. The van der Waals surface area contributed by atoms with E-state index < -0.39 is 5.79 Å². The lowest BCUT2D eigenvalue weighted by atomic mass is 9.48. The molecule has 0 N–H and O–H groups in total. The maximum Gasteiger partial charge on any atom is 0.164 e. The molecule has 3 fully saturated rings. The lowest BCUT2D eigenvalue weighted by Crippen LogP contribution is -2.63. The summed E-state index contributed by atoms with van der Waals surface area (Å²) in [7, 11) is 0. The zero-order chi connectivity index (χ0) is 11.8. The summed E-state index contributed by atoms with van der Waals surface area (Å²) >= 11 is 0. The number of allylic oxidation sites excluding steroid dienone is 1. The molecule has 0 amide bonds. The first-order valence-corrected chi connectivity index (χ1v) is 6.62. The van der Waals surface area contributed by atoms with Crippen molar-refractivity contribution >= 4 is 5.78 Å². The largest absolute Gasteiger partial charge is 0.344 e. The summed E-state index contributed by atoms with van der Waals surface area (Å²) in [6, 6.07) is 0. The summed E-state index contributed by atoms with van der Waals surface area (Å²) in [6.07, 6.45) is 7.61. The molecule has 1 heterocycles. The molecule has 3 heteroatoms. The molecule has 2 saturated carbocycles. The quantitative estimate of drug-likeness (QED) is 0.602. The molecule has 0 aromatic carbocycles. The van der Waals surface area contributed by atoms with Crippen LogP contribution in [0, 0.1) is 17.3 Å². The third kappa shape index (κ3) is 1.03. The van der Waals surface area contributed by atoms with E-state index in [1.165, 1.54) is 0 Å². The number of carbonyl (C=O) groups excluding carboxylic acids is 1. The summed E-state index contributed by atoms with van der Waals surface area (Å²) in [5.41, 5.74) is 0.0737. The third-order valence-corrected chi connectivity index (χ3v) is 5.13. The van der Waals surface area contributed by atoms with Crippen LogP contribution in [-0.2, 0) is 14.3 Å². The highest BCUT2D eigenvalue weighted by molar-refractivity contribution is 5.94. The van der Waals surface area contributed by atoms with Crippen molar-refractivity contribution in [2.45, 2.75) is 51.1 Å². The molecule has 0 aromatic heterocycles. The van der Waals surface area contributed by atoms with Crippen LogP contribution in [0.5, 0.6) is 0 Å². The van der Waals surface area contributed by atoms with Crippen LogP contribution in [0.25, 0.3) is 0 Å². The summed E-state index contributed by atoms with van der Waals surface area (Å²) in [5, 5.41) is 0. The van der Waals surface area contributed by atoms with E-state index in [9.17, 15) is 4.79 Å². The first-order valence-electron chi connectivity index (χ1n) is 6.62. The van der Waals surface area contributed by atoms with Crippen molar-refractivity contribution in [3.8, 4) is 0 Å². The Morgan fingerprint density at radius 1 is 1.29 bits per heavy atom. The first kappa shape index (κ1) is 10.3. The molecule has 4 aliphatic rings. The molecule has 92 valence electrons. The van der Waals surface area contributed by atoms with Gasteiger partial charge in [-0.15, -0.1) is 0 Å². The number of rotatable bonds is 0. The van der Waals surface area contributed by atoms with Crippen LogP contribution in [0.1, 0.15) is 33.1 Å². The van der Waals surface area contributed by atoms with Crippen molar-refractivity contribution < 1.29 is 14.3 Å². The number of Topliss-reactive ketones (excluding diaryl/α,β-unsaturated/α-hetero) is 1. The van der Waals surface area contributed by atoms with E-state index in [-0.39, 0.29) is 29.5 Å². The van der Waals surface area contributed by atoms with Crippen LogP contribution < -0.4 is 0 Å². The average Bonchev–Trinajstić information content (AvgIpc) is 2.76. The Labute approximate surface area is 101 Å². The molecular formula is C14H18O3. The fraction of sp³-hybridized carbons (Fsp3) is 0.786. The Balaban J connectivity index is 1.78. The zero-order valence-corrected chi connectivity index (χ0v) is 10.3. The standard InChI is InChI=1S/C14H18O3/c1-13(2)16-10-6-5-9-11(15)8-4-3-7-14(8,9)12(10)17-13/h5-6,8-10,12H,3-4,7H2,1-2H3/t8?,9-,10+,12+,14+/m1/s1. The van der Waals surface area contributed by atoms with E-state index in [2.05, 4.69) is 6.08 Å². The minimum Gasteiger partial charge on any atom is -0.344 e. The number of fused-ring (bicyclic) bond motifs is 1. The van der Waals surface area contributed by atoms with Gasteiger partial charge in [-0.2, -0.15) is 0 Å². The number of hydrogen-bond acceptors (Lipinski definition) is 3. The maximum absolute atomic E-state index is 12.1. The summed E-state index contributed by atoms with van der Waals surface area (Å²) in [4.78, 5) is 12.1. The minimum absolute atomic E-state index is 0.0509. The second-order valence-corrected chi connectivity index (χ2v) is 6.34. The fourth-order valence-corrected chi connectivity index (χ4v) is 4.58. The van der Waals surface area contributed by atoms with E-state index in [4.69, 9.17) is 9.47 Å². The Hall–Kier alpha value is -0.670. The molecule has 0 bridgehead atoms. The lowest BCUT2D eigenvalue weighted by Gasteiger charge is -2.55. The minimum atomic E-state index is -0.505. The van der Waals surface area contributed by atoms with Gasteiger partial charge in [-0.3, -0.25) is 4.79 Å². The van der Waals surface area contributed by atoms with Crippen LogP contribution in [0.4, 0.5) is 0 Å². The van der Waals surface area contributed by atoms with Gasteiger partial charge in [0.15, 0.2) is 5.79 Å². The van der Waals surface area contributed by atoms with Gasteiger partial charge in [-0.25, -0.2) is 0 Å². The number of hydrogen-bond donors (Lipinski definition) is 0. The van der Waals surface area contributed by atoms with Crippen LogP contribution in [0.15, 0.2) is 12.2 Å². The van der Waals surface area contributed by atoms with Crippen molar-refractivity contribution in [3.63, 3.8) is 0 Å². The van der Waals surface area contributed by atoms with Gasteiger partial charge in [0.25, 0.3) is 0 Å². The molecule has 5 atom stereocenters. The molecule has 1 spiro atoms. The van der Waals surface area contributed by atoms with Crippen LogP contribution >= 0.6 is 0 Å². The van der Waals surface area contributed by atoms with E-state index in [0.717, 1.165) is 19.3 Å². The van der Waals surface area contributed by atoms with Crippen molar-refractivity contribution in [3.05, 3.63) is 12.2 Å². The monoisotopic (exact) mass is 234 g/mol. The third-order valence-electron chi connectivity index (χ3n) is 5.13. The van der Waals surface area contributed by atoms with Crippen molar-refractivity contribution in [1.82, 2.24) is 0 Å². The highest BCUT2D eigenvalue weighted by Crippen LogP contribution is 2.65. The van der Waals surface area contributed by atoms with Crippen LogP contribution in [-0.4, -0.2) is 23.8 Å². The smallest absolute Gasteiger partial charge is 0.164 e. The molecule has 0 aromatic rings. The van der Waals surface area contributed by atoms with Crippen LogP contribution in [0.3, 0.4) is 0 Å². The molecule has 1 saturated heterocycles. The Bertz CT molecular complexity index is 425. The van der Waals surface area contributed by atoms with Gasteiger partial charge in [0, 0.05) is 17.3 Å². The Morgan fingerprint density at radius 3 is 2.94 bits per heavy atom. The molecular weight excluding hydrogens is 216 g/mol. The van der Waals surface area contributed by atoms with Gasteiger partial charge in [0.1, 0.15) is 11.9 Å². The zero-order valence-electron chi connectivity index (χ0n) is 10.3. The highest BCUT2D eigenvalue weighted by Gasteiger charge is 2.71. The topological polar surface area (TPSA) is 35.5 Å². The van der Waals surface area contributed by atoms with E-state index in [1.807, 2.05) is 19.9 Å². The maximum atomic E-state index is 12.1. The number of carbonyl (C=O) groups is 1. The van der Waals surface area contributed by atoms with Gasteiger partial charge in [-0.1, -0.05) is 18.6 Å². The van der Waals surface area contributed by atoms with Gasteiger partial charge in [0.05, 0.1) is 6.10 Å².